The Morgan fingerprint density at radius 1 is 0.870 bits per heavy atom. The molecule has 2 nitrogen and oxygen atoms in total. The Bertz CT molecular complexity index is 581. The minimum absolute atomic E-state index is 0.343. The Morgan fingerprint density at radius 2 is 1.35 bits per heavy atom. The molecular weight excluding hydrogens is 280 g/mol. The van der Waals surface area contributed by atoms with Crippen LogP contribution in [0.5, 0.6) is 0 Å². The third-order valence-electron chi connectivity index (χ3n) is 5.53. The second kappa shape index (κ2) is 6.46. The minimum Gasteiger partial charge on any atom is -0.324 e. The third kappa shape index (κ3) is 3.34. The van der Waals surface area contributed by atoms with Gasteiger partial charge in [-0.3, -0.25) is 4.90 Å². The van der Waals surface area contributed by atoms with Crippen LogP contribution in [-0.4, -0.2) is 48.7 Å². The fourth-order valence-corrected chi connectivity index (χ4v) is 3.88. The minimum atomic E-state index is 0.343. The van der Waals surface area contributed by atoms with Crippen molar-refractivity contribution in [3.8, 4) is 0 Å². The fraction of sp³-hybridized carbons (Fsp3) is 0.429. The summed E-state index contributed by atoms with van der Waals surface area (Å²) in [6.07, 6.45) is 0. The van der Waals surface area contributed by atoms with Crippen LogP contribution in [0, 0.1) is 0 Å². The van der Waals surface area contributed by atoms with Gasteiger partial charge < -0.3 is 4.48 Å². The van der Waals surface area contributed by atoms with Crippen LogP contribution >= 0.6 is 0 Å². The van der Waals surface area contributed by atoms with Crippen LogP contribution < -0.4 is 0 Å². The van der Waals surface area contributed by atoms with Crippen LogP contribution in [0.4, 0.5) is 0 Å². The van der Waals surface area contributed by atoms with E-state index in [0.717, 1.165) is 11.0 Å². The van der Waals surface area contributed by atoms with E-state index in [1.807, 2.05) is 0 Å². The summed E-state index contributed by atoms with van der Waals surface area (Å²) in [5, 5.41) is 0. The Morgan fingerprint density at radius 3 is 1.83 bits per heavy atom. The molecule has 0 amide bonds. The van der Waals surface area contributed by atoms with Gasteiger partial charge in [-0.25, -0.2) is 0 Å². The molecule has 1 heterocycles. The van der Waals surface area contributed by atoms with Crippen molar-refractivity contribution in [1.29, 1.82) is 0 Å². The lowest BCUT2D eigenvalue weighted by molar-refractivity contribution is -0.920. The molecule has 23 heavy (non-hydrogen) atoms. The summed E-state index contributed by atoms with van der Waals surface area (Å²) < 4.78 is 1.11. The molecule has 122 valence electrons. The van der Waals surface area contributed by atoms with Crippen LogP contribution in [0.15, 0.2) is 60.7 Å². The van der Waals surface area contributed by atoms with Crippen molar-refractivity contribution in [2.45, 2.75) is 32.0 Å². The second-order valence-electron chi connectivity index (χ2n) is 7.58. The summed E-state index contributed by atoms with van der Waals surface area (Å²) in [4.78, 5) is 2.69. The number of likely N-dealkylation sites (N-methyl/N-ethyl adjacent to an activating group) is 1. The SMILES string of the molecule is CC1C[N+](C)(C)C(C)CN1C(c1ccccc1)c1ccccc1. The third-order valence-corrected chi connectivity index (χ3v) is 5.53. The van der Waals surface area contributed by atoms with Gasteiger partial charge >= 0.3 is 0 Å². The number of rotatable bonds is 3. The van der Waals surface area contributed by atoms with Gasteiger partial charge in [-0.1, -0.05) is 60.7 Å². The zero-order chi connectivity index (χ0) is 16.4. The smallest absolute Gasteiger partial charge is 0.0987 e. The number of quaternary nitrogens is 1. The lowest BCUT2D eigenvalue weighted by Gasteiger charge is -2.50. The molecule has 2 atom stereocenters. The Hall–Kier alpha value is -1.64. The predicted octanol–water partition coefficient (Wildman–Crippen LogP) is 3.95. The van der Waals surface area contributed by atoms with E-state index >= 15 is 0 Å². The summed E-state index contributed by atoms with van der Waals surface area (Å²) in [6.45, 7) is 7.08. The molecule has 0 bridgehead atoms. The van der Waals surface area contributed by atoms with E-state index in [9.17, 15) is 0 Å². The number of hydrogen-bond donors (Lipinski definition) is 0. The molecule has 2 heteroatoms. The van der Waals surface area contributed by atoms with E-state index in [4.69, 9.17) is 0 Å². The lowest BCUT2D eigenvalue weighted by atomic mass is 9.93. The molecule has 1 fully saturated rings. The van der Waals surface area contributed by atoms with Gasteiger partial charge in [0.05, 0.1) is 45.3 Å². The first-order valence-corrected chi connectivity index (χ1v) is 8.67. The van der Waals surface area contributed by atoms with Crippen LogP contribution in [0.1, 0.15) is 31.0 Å². The summed E-state index contributed by atoms with van der Waals surface area (Å²) >= 11 is 0. The average molecular weight is 309 g/mol. The van der Waals surface area contributed by atoms with E-state index in [-0.39, 0.29) is 0 Å². The average Bonchev–Trinajstić information content (AvgIpc) is 2.54. The number of piperazine rings is 1. The quantitative estimate of drug-likeness (QED) is 0.776. The molecule has 2 unspecified atom stereocenters. The van der Waals surface area contributed by atoms with Crippen molar-refractivity contribution in [3.63, 3.8) is 0 Å². The van der Waals surface area contributed by atoms with Crippen LogP contribution in [0.2, 0.25) is 0 Å². The Kier molecular flexibility index (Phi) is 4.56. The molecule has 1 aliphatic heterocycles. The zero-order valence-corrected chi connectivity index (χ0v) is 14.8. The zero-order valence-electron chi connectivity index (χ0n) is 14.8. The highest BCUT2D eigenvalue weighted by Gasteiger charge is 2.40. The monoisotopic (exact) mass is 309 g/mol. The highest BCUT2D eigenvalue weighted by Crippen LogP contribution is 2.34. The molecule has 1 saturated heterocycles. The van der Waals surface area contributed by atoms with Crippen molar-refractivity contribution < 1.29 is 4.48 Å². The molecule has 0 spiro atoms. The summed E-state index contributed by atoms with van der Waals surface area (Å²) in [5.74, 6) is 0. The van der Waals surface area contributed by atoms with Gasteiger partial charge in [-0.2, -0.15) is 0 Å². The van der Waals surface area contributed by atoms with Gasteiger partial charge in [0.2, 0.25) is 0 Å². The van der Waals surface area contributed by atoms with Crippen molar-refractivity contribution >= 4 is 0 Å². The van der Waals surface area contributed by atoms with Gasteiger partial charge in [0.1, 0.15) is 0 Å². The summed E-state index contributed by atoms with van der Waals surface area (Å²) in [5.41, 5.74) is 2.79. The van der Waals surface area contributed by atoms with E-state index in [1.165, 1.54) is 17.7 Å². The van der Waals surface area contributed by atoms with Crippen molar-refractivity contribution in [1.82, 2.24) is 4.90 Å². The van der Waals surface area contributed by atoms with E-state index in [2.05, 4.69) is 93.5 Å². The molecule has 2 aromatic rings. The topological polar surface area (TPSA) is 3.24 Å². The van der Waals surface area contributed by atoms with Gasteiger partial charge in [0.15, 0.2) is 0 Å². The van der Waals surface area contributed by atoms with E-state index < -0.39 is 0 Å². The van der Waals surface area contributed by atoms with Gasteiger partial charge in [0, 0.05) is 0 Å². The first-order chi connectivity index (χ1) is 11.0. The second-order valence-corrected chi connectivity index (χ2v) is 7.58. The van der Waals surface area contributed by atoms with Crippen LogP contribution in [0.25, 0.3) is 0 Å². The normalized spacial score (nSPS) is 24.7. The molecule has 2 aromatic carbocycles. The van der Waals surface area contributed by atoms with Gasteiger partial charge in [-0.15, -0.1) is 0 Å². The highest BCUT2D eigenvalue weighted by atomic mass is 15.4. The molecule has 0 aromatic heterocycles. The molecule has 0 radical (unpaired) electrons. The van der Waals surface area contributed by atoms with E-state index in [0.29, 0.717) is 18.1 Å². The van der Waals surface area contributed by atoms with E-state index in [1.54, 1.807) is 0 Å². The number of nitrogens with zero attached hydrogens (tertiary/aromatic N) is 2. The fourth-order valence-electron chi connectivity index (χ4n) is 3.88. The molecule has 3 rings (SSSR count). The maximum absolute atomic E-state index is 2.69. The van der Waals surface area contributed by atoms with Crippen molar-refractivity contribution in [3.05, 3.63) is 71.8 Å². The Labute approximate surface area is 140 Å². The number of benzene rings is 2. The lowest BCUT2D eigenvalue weighted by Crippen LogP contribution is -2.64. The Balaban J connectivity index is 1.99. The van der Waals surface area contributed by atoms with Crippen molar-refractivity contribution in [2.24, 2.45) is 0 Å². The maximum atomic E-state index is 2.69. The van der Waals surface area contributed by atoms with Gasteiger partial charge in [0.25, 0.3) is 0 Å². The first-order valence-electron chi connectivity index (χ1n) is 8.67. The van der Waals surface area contributed by atoms with Gasteiger partial charge in [-0.05, 0) is 25.0 Å². The predicted molar refractivity (Wildman–Crippen MR) is 97.3 cm³/mol. The summed E-state index contributed by atoms with van der Waals surface area (Å²) in [7, 11) is 4.72. The van der Waals surface area contributed by atoms with Crippen LogP contribution in [-0.2, 0) is 0 Å². The number of hydrogen-bond acceptors (Lipinski definition) is 1. The standard InChI is InChI=1S/C21H29N2/c1-17-16-23(3,4)18(2)15-22(17)21(19-11-7-5-8-12-19)20-13-9-6-10-14-20/h5-14,17-18,21H,15-16H2,1-4H3/q+1. The highest BCUT2D eigenvalue weighted by molar-refractivity contribution is 5.32. The summed E-state index contributed by atoms with van der Waals surface area (Å²) in [6, 6.07) is 23.4. The molecular formula is C21H29N2+. The maximum Gasteiger partial charge on any atom is 0.0987 e. The first kappa shape index (κ1) is 16.2. The molecule has 0 N–H and O–H groups in total. The molecule has 1 aliphatic rings. The largest absolute Gasteiger partial charge is 0.324 e. The van der Waals surface area contributed by atoms with Crippen LogP contribution in [0.3, 0.4) is 0 Å². The van der Waals surface area contributed by atoms with Crippen molar-refractivity contribution in [2.75, 3.05) is 27.2 Å². The molecule has 0 aliphatic carbocycles. The molecule has 0 saturated carbocycles.